The number of sulfonamides is 1. The molecule has 0 amide bonds. The number of halogens is 1. The van der Waals surface area contributed by atoms with Crippen LogP contribution in [0.3, 0.4) is 0 Å². The summed E-state index contributed by atoms with van der Waals surface area (Å²) in [4.78, 5) is 4.79. The average molecular weight is 376 g/mol. The third-order valence-corrected chi connectivity index (χ3v) is 7.06. The van der Waals surface area contributed by atoms with Crippen molar-refractivity contribution in [3.05, 3.63) is 58.9 Å². The highest BCUT2D eigenvalue weighted by Gasteiger charge is 2.60. The number of nitrogens with zero attached hydrogens (tertiary/aromatic N) is 1. The van der Waals surface area contributed by atoms with Crippen molar-refractivity contribution in [2.24, 2.45) is 10.6 Å². The zero-order chi connectivity index (χ0) is 18.0. The van der Waals surface area contributed by atoms with E-state index in [9.17, 15) is 12.8 Å². The van der Waals surface area contributed by atoms with Crippen molar-refractivity contribution in [3.8, 4) is 0 Å². The molecule has 0 saturated heterocycles. The fourth-order valence-electron chi connectivity index (χ4n) is 3.63. The molecule has 1 saturated carbocycles. The summed E-state index contributed by atoms with van der Waals surface area (Å²) in [5, 5.41) is 6.15. The molecule has 4 rings (SSSR count). The first-order chi connectivity index (χ1) is 11.7. The largest absolute Gasteiger partial charge is 0.241 e. The predicted octanol–water partition coefficient (Wildman–Crippen LogP) is 3.99. The third kappa shape index (κ3) is 2.76. The maximum Gasteiger partial charge on any atom is 0.238 e. The van der Waals surface area contributed by atoms with Gasteiger partial charge in [0.1, 0.15) is 5.82 Å². The summed E-state index contributed by atoms with van der Waals surface area (Å²) < 4.78 is 37.1. The monoisotopic (exact) mass is 376 g/mol. The van der Waals surface area contributed by atoms with Crippen molar-refractivity contribution < 1.29 is 12.8 Å². The standard InChI is InChI=1S/C18H17FN2O2S2/c1-18(2)15(10-3-6-12(7-4-10)25(20,22)23)16(18)17-21-13-8-5-11(19)9-14(13)24-17/h3-9,15-16H,1-2H3,(H2,20,22,23)/t15-,16+/m1/s1. The molecule has 1 heterocycles. The average Bonchev–Trinajstić information content (AvgIpc) is 2.89. The maximum absolute atomic E-state index is 13.4. The van der Waals surface area contributed by atoms with Crippen LogP contribution in [0, 0.1) is 11.2 Å². The van der Waals surface area contributed by atoms with Crippen LogP contribution in [0.1, 0.15) is 36.3 Å². The molecule has 0 bridgehead atoms. The lowest BCUT2D eigenvalue weighted by Gasteiger charge is -2.04. The molecular formula is C18H17FN2O2S2. The minimum atomic E-state index is -3.69. The highest BCUT2D eigenvalue weighted by molar-refractivity contribution is 7.89. The normalized spacial score (nSPS) is 22.2. The van der Waals surface area contributed by atoms with Crippen molar-refractivity contribution in [1.82, 2.24) is 4.98 Å². The number of thiazole rings is 1. The van der Waals surface area contributed by atoms with Crippen LogP contribution >= 0.6 is 11.3 Å². The summed E-state index contributed by atoms with van der Waals surface area (Å²) in [7, 11) is -3.69. The van der Waals surface area contributed by atoms with Gasteiger partial charge in [0.25, 0.3) is 0 Å². The minimum absolute atomic E-state index is 0.00945. The second-order valence-corrected chi connectivity index (χ2v) is 9.68. The van der Waals surface area contributed by atoms with Gasteiger partial charge in [0.05, 0.1) is 20.1 Å². The van der Waals surface area contributed by atoms with Crippen LogP contribution in [0.5, 0.6) is 0 Å². The summed E-state index contributed by atoms with van der Waals surface area (Å²) in [6.07, 6.45) is 0. The number of nitrogens with two attached hydrogens (primary N) is 1. The summed E-state index contributed by atoms with van der Waals surface area (Å²) in [6.45, 7) is 4.34. The van der Waals surface area contributed by atoms with Crippen molar-refractivity contribution in [2.75, 3.05) is 0 Å². The minimum Gasteiger partial charge on any atom is -0.241 e. The van der Waals surface area contributed by atoms with Gasteiger partial charge in [0, 0.05) is 5.92 Å². The Kier molecular flexibility index (Phi) is 3.55. The van der Waals surface area contributed by atoms with Crippen LogP contribution in [0.15, 0.2) is 47.4 Å². The Labute approximate surface area is 149 Å². The van der Waals surface area contributed by atoms with Crippen LogP contribution < -0.4 is 5.14 Å². The van der Waals surface area contributed by atoms with E-state index >= 15 is 0 Å². The van der Waals surface area contributed by atoms with Gasteiger partial charge in [-0.3, -0.25) is 0 Å². The highest BCUT2D eigenvalue weighted by Crippen LogP contribution is 2.70. The summed E-state index contributed by atoms with van der Waals surface area (Å²) in [5.41, 5.74) is 1.88. The molecule has 1 aliphatic rings. The zero-order valence-corrected chi connectivity index (χ0v) is 15.4. The van der Waals surface area contributed by atoms with E-state index < -0.39 is 10.0 Å². The molecule has 130 valence electrons. The van der Waals surface area contributed by atoms with Crippen LogP contribution in [0.4, 0.5) is 4.39 Å². The number of hydrogen-bond donors (Lipinski definition) is 1. The van der Waals surface area contributed by atoms with E-state index in [4.69, 9.17) is 5.14 Å². The molecule has 2 atom stereocenters. The molecule has 2 aromatic carbocycles. The zero-order valence-electron chi connectivity index (χ0n) is 13.7. The number of aromatic nitrogens is 1. The first kappa shape index (κ1) is 16.6. The maximum atomic E-state index is 13.4. The summed E-state index contributed by atoms with van der Waals surface area (Å²) in [5.74, 6) is 0.216. The Morgan fingerprint density at radius 1 is 1.12 bits per heavy atom. The molecule has 7 heteroatoms. The van der Waals surface area contributed by atoms with Gasteiger partial charge in [-0.15, -0.1) is 11.3 Å². The van der Waals surface area contributed by atoms with Crippen LogP contribution in [0.25, 0.3) is 10.2 Å². The number of benzene rings is 2. The van der Waals surface area contributed by atoms with Crippen molar-refractivity contribution in [3.63, 3.8) is 0 Å². The Hall–Kier alpha value is -1.83. The topological polar surface area (TPSA) is 73.1 Å². The molecule has 3 aromatic rings. The molecule has 1 fully saturated rings. The Morgan fingerprint density at radius 2 is 1.80 bits per heavy atom. The van der Waals surface area contributed by atoms with Gasteiger partial charge in [-0.2, -0.15) is 0 Å². The second kappa shape index (κ2) is 5.33. The van der Waals surface area contributed by atoms with Crippen molar-refractivity contribution in [2.45, 2.75) is 30.6 Å². The summed E-state index contributed by atoms with van der Waals surface area (Å²) >= 11 is 1.52. The molecule has 0 spiro atoms. The van der Waals surface area contributed by atoms with Crippen molar-refractivity contribution >= 4 is 31.6 Å². The molecule has 1 aliphatic carbocycles. The Morgan fingerprint density at radius 3 is 2.44 bits per heavy atom. The van der Waals surface area contributed by atoms with Gasteiger partial charge >= 0.3 is 0 Å². The molecular weight excluding hydrogens is 359 g/mol. The first-order valence-corrected chi connectivity index (χ1v) is 10.2. The van der Waals surface area contributed by atoms with Gasteiger partial charge in [-0.25, -0.2) is 22.9 Å². The number of primary sulfonamides is 1. The molecule has 4 nitrogen and oxygen atoms in total. The highest BCUT2D eigenvalue weighted by atomic mass is 32.2. The fraction of sp³-hybridized carbons (Fsp3) is 0.278. The van der Waals surface area contributed by atoms with Gasteiger partial charge in [0.2, 0.25) is 10.0 Å². The quantitative estimate of drug-likeness (QED) is 0.751. The van der Waals surface area contributed by atoms with Gasteiger partial charge in [-0.1, -0.05) is 26.0 Å². The van der Waals surface area contributed by atoms with E-state index in [1.54, 1.807) is 18.2 Å². The molecule has 0 aliphatic heterocycles. The Bertz CT molecular complexity index is 1070. The smallest absolute Gasteiger partial charge is 0.238 e. The van der Waals surface area contributed by atoms with E-state index in [1.165, 1.54) is 23.5 Å². The van der Waals surface area contributed by atoms with Gasteiger partial charge in [-0.05, 0) is 47.2 Å². The number of rotatable bonds is 3. The molecule has 2 N–H and O–H groups in total. The van der Waals surface area contributed by atoms with E-state index in [-0.39, 0.29) is 28.0 Å². The number of fused-ring (bicyclic) bond motifs is 1. The molecule has 0 unspecified atom stereocenters. The predicted molar refractivity (Wildman–Crippen MR) is 96.7 cm³/mol. The second-order valence-electron chi connectivity index (χ2n) is 7.05. The lowest BCUT2D eigenvalue weighted by Crippen LogP contribution is -2.11. The SMILES string of the molecule is CC1(C)[C@H](c2ccc(S(N)(=O)=O)cc2)[C@H]1c1nc2ccc(F)cc2s1. The fourth-order valence-corrected chi connectivity index (χ4v) is 5.48. The van der Waals surface area contributed by atoms with Gasteiger partial charge < -0.3 is 0 Å². The Balaban J connectivity index is 1.69. The molecule has 1 aromatic heterocycles. The van der Waals surface area contributed by atoms with E-state index in [0.717, 1.165) is 20.8 Å². The third-order valence-electron chi connectivity index (χ3n) is 5.03. The summed E-state index contributed by atoms with van der Waals surface area (Å²) in [6, 6.07) is 11.4. The first-order valence-electron chi connectivity index (χ1n) is 7.87. The van der Waals surface area contributed by atoms with E-state index in [2.05, 4.69) is 18.8 Å². The van der Waals surface area contributed by atoms with Crippen LogP contribution in [-0.4, -0.2) is 13.4 Å². The van der Waals surface area contributed by atoms with E-state index in [0.29, 0.717) is 0 Å². The van der Waals surface area contributed by atoms with Crippen molar-refractivity contribution in [1.29, 1.82) is 0 Å². The number of hydrogen-bond acceptors (Lipinski definition) is 4. The van der Waals surface area contributed by atoms with Gasteiger partial charge in [0.15, 0.2) is 0 Å². The molecule has 25 heavy (non-hydrogen) atoms. The molecule has 0 radical (unpaired) electrons. The lowest BCUT2D eigenvalue weighted by molar-refractivity contribution is 0.597. The van der Waals surface area contributed by atoms with Crippen LogP contribution in [0.2, 0.25) is 0 Å². The van der Waals surface area contributed by atoms with E-state index in [1.807, 2.05) is 12.1 Å². The van der Waals surface area contributed by atoms with Crippen LogP contribution in [-0.2, 0) is 10.0 Å². The lowest BCUT2D eigenvalue weighted by atomic mass is 10.0.